The Kier molecular flexibility index (Phi) is 4.28. The van der Waals surface area contributed by atoms with Gasteiger partial charge in [0.1, 0.15) is 5.75 Å². The Morgan fingerprint density at radius 3 is 2.10 bits per heavy atom. The van der Waals surface area contributed by atoms with Crippen molar-refractivity contribution in [1.82, 2.24) is 0 Å². The highest BCUT2D eigenvalue weighted by molar-refractivity contribution is 6.30. The number of Topliss-reactive ketones (excluding diaryl/α,β-unsaturated/α-hetero) is 1. The first-order valence-corrected chi connectivity index (χ1v) is 9.98. The predicted octanol–water partition coefficient (Wildman–Crippen LogP) is 3.91. The smallest absolute Gasteiger partial charge is 0.238 e. The molecule has 2 aliphatic carbocycles. The van der Waals surface area contributed by atoms with Gasteiger partial charge >= 0.3 is 0 Å². The molecule has 5 nitrogen and oxygen atoms in total. The Balaban J connectivity index is 1.26. The third kappa shape index (κ3) is 2.97. The average molecular weight is 408 g/mol. The van der Waals surface area contributed by atoms with Crippen LogP contribution < -0.4 is 9.64 Å². The maximum atomic E-state index is 12.9. The Morgan fingerprint density at radius 1 is 0.931 bits per heavy atom. The van der Waals surface area contributed by atoms with Crippen molar-refractivity contribution in [2.24, 2.45) is 23.7 Å². The molecule has 146 valence electrons. The van der Waals surface area contributed by atoms with Crippen LogP contribution in [-0.4, -0.2) is 24.2 Å². The SMILES string of the molecule is O=C(COc1ccc(N2C(=O)[C@@H]3[C@H](C2=O)[C@@H]2C=C[C@@H]3C2)cc1)c1ccc(Cl)cc1. The van der Waals surface area contributed by atoms with Gasteiger partial charge in [0.25, 0.3) is 0 Å². The van der Waals surface area contributed by atoms with Crippen LogP contribution in [0.15, 0.2) is 60.7 Å². The number of carbonyl (C=O) groups excluding carboxylic acids is 3. The van der Waals surface area contributed by atoms with Crippen molar-refractivity contribution in [3.8, 4) is 5.75 Å². The molecule has 0 radical (unpaired) electrons. The minimum absolute atomic E-state index is 0.108. The monoisotopic (exact) mass is 407 g/mol. The molecule has 2 bridgehead atoms. The number of halogens is 1. The fourth-order valence-corrected chi connectivity index (χ4v) is 4.84. The second-order valence-electron chi connectivity index (χ2n) is 7.72. The van der Waals surface area contributed by atoms with Crippen molar-refractivity contribution in [1.29, 1.82) is 0 Å². The summed E-state index contributed by atoms with van der Waals surface area (Å²) in [5.41, 5.74) is 1.07. The molecule has 2 fully saturated rings. The summed E-state index contributed by atoms with van der Waals surface area (Å²) in [5.74, 6) is 0.0621. The molecule has 1 aliphatic heterocycles. The number of carbonyl (C=O) groups is 3. The van der Waals surface area contributed by atoms with E-state index in [1.165, 1.54) is 4.90 Å². The van der Waals surface area contributed by atoms with Crippen molar-refractivity contribution in [2.45, 2.75) is 6.42 Å². The number of allylic oxidation sites excluding steroid dienone is 2. The largest absolute Gasteiger partial charge is 0.485 e. The molecule has 2 amide bonds. The lowest BCUT2D eigenvalue weighted by atomic mass is 9.85. The number of rotatable bonds is 5. The van der Waals surface area contributed by atoms with E-state index in [0.29, 0.717) is 22.0 Å². The van der Waals surface area contributed by atoms with Gasteiger partial charge in [0.15, 0.2) is 12.4 Å². The first-order chi connectivity index (χ1) is 14.0. The molecule has 1 saturated heterocycles. The Bertz CT molecular complexity index is 998. The first-order valence-electron chi connectivity index (χ1n) is 9.61. The summed E-state index contributed by atoms with van der Waals surface area (Å²) in [5, 5.41) is 0.567. The molecule has 1 heterocycles. The van der Waals surface area contributed by atoms with Crippen LogP contribution in [0.4, 0.5) is 5.69 Å². The second-order valence-corrected chi connectivity index (χ2v) is 8.16. The quantitative estimate of drug-likeness (QED) is 0.428. The van der Waals surface area contributed by atoms with E-state index in [0.717, 1.165) is 6.42 Å². The lowest BCUT2D eigenvalue weighted by Crippen LogP contribution is -2.32. The molecule has 6 heteroatoms. The highest BCUT2D eigenvalue weighted by Gasteiger charge is 2.59. The van der Waals surface area contributed by atoms with Crippen molar-refractivity contribution >= 4 is 34.9 Å². The summed E-state index contributed by atoms with van der Waals surface area (Å²) in [6.45, 7) is -0.109. The molecule has 29 heavy (non-hydrogen) atoms. The number of nitrogens with zero attached hydrogens (tertiary/aromatic N) is 1. The van der Waals surface area contributed by atoms with E-state index in [9.17, 15) is 14.4 Å². The molecule has 3 aliphatic rings. The summed E-state index contributed by atoms with van der Waals surface area (Å²) in [6.07, 6.45) is 5.07. The van der Waals surface area contributed by atoms with Crippen LogP contribution in [0.3, 0.4) is 0 Å². The van der Waals surface area contributed by atoms with Gasteiger partial charge in [-0.2, -0.15) is 0 Å². The number of amides is 2. The van der Waals surface area contributed by atoms with Gasteiger partial charge in [0.2, 0.25) is 11.8 Å². The van der Waals surface area contributed by atoms with Crippen LogP contribution in [0.5, 0.6) is 5.75 Å². The van der Waals surface area contributed by atoms with E-state index >= 15 is 0 Å². The standard InChI is InChI=1S/C23H18ClNO4/c24-16-5-3-13(4-6-16)19(26)12-29-18-9-7-17(8-10-18)25-22(27)20-14-1-2-15(11-14)21(20)23(25)28/h1-10,14-15,20-21H,11-12H2/t14-,15-,20-,21+/m1/s1. The third-order valence-corrected chi connectivity index (χ3v) is 6.35. The number of anilines is 1. The lowest BCUT2D eigenvalue weighted by molar-refractivity contribution is -0.123. The summed E-state index contributed by atoms with van der Waals surface area (Å²) in [7, 11) is 0. The van der Waals surface area contributed by atoms with Crippen LogP contribution in [0.2, 0.25) is 5.02 Å². The zero-order valence-electron chi connectivity index (χ0n) is 15.5. The van der Waals surface area contributed by atoms with Crippen molar-refractivity contribution in [3.63, 3.8) is 0 Å². The van der Waals surface area contributed by atoms with Gasteiger partial charge in [-0.3, -0.25) is 19.3 Å². The highest BCUT2D eigenvalue weighted by Crippen LogP contribution is 2.53. The molecule has 0 aromatic heterocycles. The van der Waals surface area contributed by atoms with Gasteiger partial charge in [-0.15, -0.1) is 0 Å². The van der Waals surface area contributed by atoms with Crippen molar-refractivity contribution in [2.75, 3.05) is 11.5 Å². The van der Waals surface area contributed by atoms with Crippen LogP contribution >= 0.6 is 11.6 Å². The summed E-state index contributed by atoms with van der Waals surface area (Å²) in [4.78, 5) is 39.2. The van der Waals surface area contributed by atoms with Crippen molar-refractivity contribution in [3.05, 3.63) is 71.3 Å². The minimum Gasteiger partial charge on any atom is -0.485 e. The van der Waals surface area contributed by atoms with E-state index in [-0.39, 0.29) is 47.9 Å². The summed E-state index contributed by atoms with van der Waals surface area (Å²) < 4.78 is 5.56. The molecule has 0 unspecified atom stereocenters. The molecule has 2 aromatic carbocycles. The summed E-state index contributed by atoms with van der Waals surface area (Å²) in [6, 6.07) is 13.3. The van der Waals surface area contributed by atoms with Gasteiger partial charge in [0, 0.05) is 10.6 Å². The van der Waals surface area contributed by atoms with Crippen LogP contribution in [-0.2, 0) is 9.59 Å². The van der Waals surface area contributed by atoms with Crippen molar-refractivity contribution < 1.29 is 19.1 Å². The van der Waals surface area contributed by atoms with Crippen LogP contribution in [0, 0.1) is 23.7 Å². The zero-order chi connectivity index (χ0) is 20.1. The van der Waals surface area contributed by atoms with Crippen LogP contribution in [0.25, 0.3) is 0 Å². The molecule has 0 N–H and O–H groups in total. The van der Waals surface area contributed by atoms with Gasteiger partial charge in [-0.25, -0.2) is 0 Å². The maximum Gasteiger partial charge on any atom is 0.238 e. The number of fused-ring (bicyclic) bond motifs is 5. The number of ether oxygens (including phenoxy) is 1. The van der Waals surface area contributed by atoms with E-state index in [2.05, 4.69) is 12.2 Å². The first kappa shape index (κ1) is 18.1. The molecular formula is C23H18ClNO4. The number of hydrogen-bond donors (Lipinski definition) is 0. The zero-order valence-corrected chi connectivity index (χ0v) is 16.2. The lowest BCUT2D eigenvalue weighted by Gasteiger charge is -2.17. The molecular weight excluding hydrogens is 390 g/mol. The van der Waals surface area contributed by atoms with Crippen LogP contribution in [0.1, 0.15) is 16.8 Å². The van der Waals surface area contributed by atoms with E-state index < -0.39 is 0 Å². The Labute approximate surface area is 172 Å². The topological polar surface area (TPSA) is 63.7 Å². The van der Waals surface area contributed by atoms with Gasteiger partial charge < -0.3 is 4.74 Å². The molecule has 4 atom stereocenters. The second kappa shape index (κ2) is 6.85. The van der Waals surface area contributed by atoms with E-state index in [1.54, 1.807) is 48.5 Å². The fourth-order valence-electron chi connectivity index (χ4n) is 4.72. The predicted molar refractivity (Wildman–Crippen MR) is 108 cm³/mol. The number of ketones is 1. The fraction of sp³-hybridized carbons (Fsp3) is 0.261. The molecule has 1 saturated carbocycles. The van der Waals surface area contributed by atoms with E-state index in [4.69, 9.17) is 16.3 Å². The normalized spacial score (nSPS) is 26.9. The molecule has 5 rings (SSSR count). The number of hydrogen-bond acceptors (Lipinski definition) is 4. The summed E-state index contributed by atoms with van der Waals surface area (Å²) >= 11 is 5.83. The number of imide groups is 1. The highest BCUT2D eigenvalue weighted by atomic mass is 35.5. The molecule has 2 aromatic rings. The maximum absolute atomic E-state index is 12.9. The van der Waals surface area contributed by atoms with Gasteiger partial charge in [-0.05, 0) is 66.8 Å². The number of benzene rings is 2. The Hall–Kier alpha value is -2.92. The molecule has 0 spiro atoms. The van der Waals surface area contributed by atoms with E-state index in [1.807, 2.05) is 0 Å². The third-order valence-electron chi connectivity index (χ3n) is 6.10. The minimum atomic E-state index is -0.217. The van der Waals surface area contributed by atoms with Gasteiger partial charge in [0.05, 0.1) is 17.5 Å². The van der Waals surface area contributed by atoms with Gasteiger partial charge in [-0.1, -0.05) is 23.8 Å². The average Bonchev–Trinajstić information content (AvgIpc) is 3.41. The Morgan fingerprint density at radius 2 is 1.52 bits per heavy atom.